The molecule has 4 nitrogen and oxygen atoms in total. The summed E-state index contributed by atoms with van der Waals surface area (Å²) in [7, 11) is 2.92. The van der Waals surface area contributed by atoms with Crippen molar-refractivity contribution in [2.45, 2.75) is 0 Å². The van der Waals surface area contributed by atoms with Crippen molar-refractivity contribution in [2.75, 3.05) is 7.11 Å². The molecule has 1 aromatic carbocycles. The van der Waals surface area contributed by atoms with Crippen molar-refractivity contribution in [1.82, 2.24) is 4.57 Å². The van der Waals surface area contributed by atoms with Gasteiger partial charge in [0.1, 0.15) is 0 Å². The van der Waals surface area contributed by atoms with Crippen LogP contribution in [0.3, 0.4) is 0 Å². The number of methoxy groups -OCH3 is 1. The Morgan fingerprint density at radius 3 is 2.50 bits per heavy atom. The van der Waals surface area contributed by atoms with E-state index in [0.29, 0.717) is 11.1 Å². The molecule has 1 heterocycles. The molecule has 0 amide bonds. The summed E-state index contributed by atoms with van der Waals surface area (Å²) in [5.41, 5.74) is 1.62. The average Bonchev–Trinajstić information content (AvgIpc) is 2.41. The molecule has 0 aliphatic carbocycles. The molecule has 1 aromatic heterocycles. The molecule has 0 radical (unpaired) electrons. The lowest BCUT2D eigenvalue weighted by Crippen LogP contribution is -2.18. The Morgan fingerprint density at radius 1 is 1.22 bits per heavy atom. The number of benzene rings is 1. The van der Waals surface area contributed by atoms with Crippen LogP contribution in [0.25, 0.3) is 11.1 Å². The van der Waals surface area contributed by atoms with E-state index in [1.807, 2.05) is 30.3 Å². The van der Waals surface area contributed by atoms with Crippen molar-refractivity contribution >= 4 is 5.97 Å². The van der Waals surface area contributed by atoms with Crippen LogP contribution in [0.5, 0.6) is 0 Å². The van der Waals surface area contributed by atoms with Crippen LogP contribution in [0.4, 0.5) is 0 Å². The minimum absolute atomic E-state index is 0.165. The van der Waals surface area contributed by atoms with E-state index < -0.39 is 5.97 Å². The number of aryl methyl sites for hydroxylation is 1. The normalized spacial score (nSPS) is 10.1. The van der Waals surface area contributed by atoms with Crippen LogP contribution >= 0.6 is 0 Å². The number of hydrogen-bond donors (Lipinski definition) is 0. The zero-order valence-corrected chi connectivity index (χ0v) is 10.2. The van der Waals surface area contributed by atoms with Gasteiger partial charge >= 0.3 is 5.97 Å². The number of hydrogen-bond acceptors (Lipinski definition) is 3. The smallest absolute Gasteiger partial charge is 0.339 e. The highest BCUT2D eigenvalue weighted by molar-refractivity contribution is 5.96. The molecule has 92 valence electrons. The summed E-state index contributed by atoms with van der Waals surface area (Å²) in [6, 6.07) is 10.7. The summed E-state index contributed by atoms with van der Waals surface area (Å²) in [6.45, 7) is 0. The molecule has 18 heavy (non-hydrogen) atoms. The SMILES string of the molecule is COC(=O)c1cn(C)c(=O)cc1-c1ccccc1. The summed E-state index contributed by atoms with van der Waals surface area (Å²) in [4.78, 5) is 23.4. The Bertz CT molecular complexity index is 629. The van der Waals surface area contributed by atoms with Crippen LogP contribution in [0.1, 0.15) is 10.4 Å². The Balaban J connectivity index is 2.69. The molecule has 4 heteroatoms. The highest BCUT2D eigenvalue weighted by Gasteiger charge is 2.14. The van der Waals surface area contributed by atoms with Gasteiger partial charge in [-0.05, 0) is 5.56 Å². The zero-order chi connectivity index (χ0) is 13.1. The Morgan fingerprint density at radius 2 is 1.89 bits per heavy atom. The summed E-state index contributed by atoms with van der Waals surface area (Å²) in [5, 5.41) is 0. The van der Waals surface area contributed by atoms with Crippen molar-refractivity contribution in [1.29, 1.82) is 0 Å². The van der Waals surface area contributed by atoms with Gasteiger partial charge in [0.05, 0.1) is 12.7 Å². The third kappa shape index (κ3) is 2.18. The first kappa shape index (κ1) is 12.1. The van der Waals surface area contributed by atoms with Gasteiger partial charge in [-0.1, -0.05) is 30.3 Å². The van der Waals surface area contributed by atoms with Crippen LogP contribution in [0.15, 0.2) is 47.4 Å². The molecular formula is C14H13NO3. The van der Waals surface area contributed by atoms with E-state index in [2.05, 4.69) is 0 Å². The molecule has 2 aromatic rings. The van der Waals surface area contributed by atoms with E-state index in [4.69, 9.17) is 4.74 Å². The van der Waals surface area contributed by atoms with Crippen molar-refractivity contribution in [3.8, 4) is 11.1 Å². The molecule has 0 bridgehead atoms. The highest BCUT2D eigenvalue weighted by atomic mass is 16.5. The van der Waals surface area contributed by atoms with Gasteiger partial charge in [0.2, 0.25) is 0 Å². The van der Waals surface area contributed by atoms with E-state index in [1.54, 1.807) is 7.05 Å². The van der Waals surface area contributed by atoms with Crippen LogP contribution in [0, 0.1) is 0 Å². The molecule has 0 unspecified atom stereocenters. The van der Waals surface area contributed by atoms with Gasteiger partial charge in [-0.2, -0.15) is 0 Å². The molecule has 0 N–H and O–H groups in total. The molecule has 0 aliphatic rings. The average molecular weight is 243 g/mol. The minimum Gasteiger partial charge on any atom is -0.465 e. The second kappa shape index (κ2) is 4.87. The first-order valence-electron chi connectivity index (χ1n) is 5.48. The number of esters is 1. The van der Waals surface area contributed by atoms with Gasteiger partial charge < -0.3 is 9.30 Å². The van der Waals surface area contributed by atoms with E-state index in [1.165, 1.54) is 23.9 Å². The molecule has 0 fully saturated rings. The molecular weight excluding hydrogens is 230 g/mol. The van der Waals surface area contributed by atoms with Crippen molar-refractivity contribution < 1.29 is 9.53 Å². The highest BCUT2D eigenvalue weighted by Crippen LogP contribution is 2.22. The standard InChI is InChI=1S/C14H13NO3/c1-15-9-12(14(17)18-2)11(8-13(15)16)10-6-4-3-5-7-10/h3-9H,1-2H3. The number of nitrogens with zero attached hydrogens (tertiary/aromatic N) is 1. The maximum atomic E-state index is 11.7. The van der Waals surface area contributed by atoms with Crippen molar-refractivity contribution in [3.05, 3.63) is 58.5 Å². The Hall–Kier alpha value is -2.36. The second-order valence-electron chi connectivity index (χ2n) is 3.91. The molecule has 0 spiro atoms. The van der Waals surface area contributed by atoms with Gasteiger partial charge in [0, 0.05) is 24.9 Å². The number of pyridine rings is 1. The fourth-order valence-corrected chi connectivity index (χ4v) is 1.76. The molecule has 0 atom stereocenters. The number of ether oxygens (including phenoxy) is 1. The van der Waals surface area contributed by atoms with Gasteiger partial charge in [-0.3, -0.25) is 4.79 Å². The van der Waals surface area contributed by atoms with Crippen LogP contribution in [0.2, 0.25) is 0 Å². The van der Waals surface area contributed by atoms with Crippen molar-refractivity contribution in [3.63, 3.8) is 0 Å². The predicted octanol–water partition coefficient (Wildman–Crippen LogP) is 1.84. The molecule has 0 saturated carbocycles. The lowest BCUT2D eigenvalue weighted by molar-refractivity contribution is 0.0600. The monoisotopic (exact) mass is 243 g/mol. The maximum Gasteiger partial charge on any atom is 0.339 e. The predicted molar refractivity (Wildman–Crippen MR) is 68.5 cm³/mol. The fourth-order valence-electron chi connectivity index (χ4n) is 1.76. The molecule has 0 aliphatic heterocycles. The van der Waals surface area contributed by atoms with Crippen LogP contribution in [-0.4, -0.2) is 17.6 Å². The first-order chi connectivity index (χ1) is 8.63. The molecule has 2 rings (SSSR count). The summed E-state index contributed by atoms with van der Waals surface area (Å²) < 4.78 is 6.10. The van der Waals surface area contributed by atoms with Gasteiger partial charge in [0.25, 0.3) is 5.56 Å². The lowest BCUT2D eigenvalue weighted by atomic mass is 10.0. The van der Waals surface area contributed by atoms with E-state index in [0.717, 1.165) is 5.56 Å². The van der Waals surface area contributed by atoms with E-state index in [9.17, 15) is 9.59 Å². The number of aromatic nitrogens is 1. The zero-order valence-electron chi connectivity index (χ0n) is 10.2. The summed E-state index contributed by atoms with van der Waals surface area (Å²) >= 11 is 0. The molecule has 0 saturated heterocycles. The summed E-state index contributed by atoms with van der Waals surface area (Å²) in [6.07, 6.45) is 1.50. The van der Waals surface area contributed by atoms with Gasteiger partial charge in [-0.15, -0.1) is 0 Å². The lowest BCUT2D eigenvalue weighted by Gasteiger charge is -2.09. The number of carbonyl (C=O) groups is 1. The Labute approximate surface area is 104 Å². The quantitative estimate of drug-likeness (QED) is 0.756. The number of carbonyl (C=O) groups excluding carboxylic acids is 1. The number of rotatable bonds is 2. The fraction of sp³-hybridized carbons (Fsp3) is 0.143. The Kier molecular flexibility index (Phi) is 3.28. The third-order valence-electron chi connectivity index (χ3n) is 2.72. The minimum atomic E-state index is -0.454. The van der Waals surface area contributed by atoms with Crippen LogP contribution in [-0.2, 0) is 11.8 Å². The maximum absolute atomic E-state index is 11.7. The van der Waals surface area contributed by atoms with Gasteiger partial charge in [-0.25, -0.2) is 4.79 Å². The first-order valence-corrected chi connectivity index (χ1v) is 5.48. The largest absolute Gasteiger partial charge is 0.465 e. The second-order valence-corrected chi connectivity index (χ2v) is 3.91. The topological polar surface area (TPSA) is 48.3 Å². The summed E-state index contributed by atoms with van der Waals surface area (Å²) in [5.74, 6) is -0.454. The van der Waals surface area contributed by atoms with E-state index >= 15 is 0 Å². The third-order valence-corrected chi connectivity index (χ3v) is 2.72. The van der Waals surface area contributed by atoms with E-state index in [-0.39, 0.29) is 5.56 Å². The van der Waals surface area contributed by atoms with Crippen molar-refractivity contribution in [2.24, 2.45) is 7.05 Å². The van der Waals surface area contributed by atoms with Gasteiger partial charge in [0.15, 0.2) is 0 Å². The van der Waals surface area contributed by atoms with Crippen LogP contribution < -0.4 is 5.56 Å².